The number of anilines is 1. The third-order valence-corrected chi connectivity index (χ3v) is 4.85. The van der Waals surface area contributed by atoms with E-state index in [-0.39, 0.29) is 12.2 Å². The van der Waals surface area contributed by atoms with E-state index in [1.165, 1.54) is 17.0 Å². The number of hydrogen-bond donors (Lipinski definition) is 1. The van der Waals surface area contributed by atoms with Crippen molar-refractivity contribution < 1.29 is 18.0 Å². The van der Waals surface area contributed by atoms with E-state index in [1.807, 2.05) is 41.1 Å². The molecule has 0 saturated heterocycles. The molecule has 1 aromatic heterocycles. The molecule has 4 nitrogen and oxygen atoms in total. The van der Waals surface area contributed by atoms with Crippen molar-refractivity contribution in [3.05, 3.63) is 101 Å². The second-order valence-electron chi connectivity index (χ2n) is 6.93. The first-order chi connectivity index (χ1) is 14.8. The third-order valence-electron chi connectivity index (χ3n) is 4.62. The zero-order valence-electron chi connectivity index (χ0n) is 16.6. The van der Waals surface area contributed by atoms with Gasteiger partial charge in [-0.1, -0.05) is 29.8 Å². The Morgan fingerprint density at radius 1 is 1.13 bits per heavy atom. The molecule has 0 bridgehead atoms. The summed E-state index contributed by atoms with van der Waals surface area (Å²) >= 11 is 6.06. The normalized spacial score (nSPS) is 11.2. The maximum absolute atomic E-state index is 12.7. The maximum Gasteiger partial charge on any atom is 0.416 e. The molecule has 8 heteroatoms. The number of carbonyl (C=O) groups excluding carboxylic acids is 1. The number of urea groups is 1. The first kappa shape index (κ1) is 22.5. The number of nitrogens with one attached hydrogen (secondary N) is 1. The molecule has 0 aliphatic rings. The summed E-state index contributed by atoms with van der Waals surface area (Å²) in [5, 5.41) is 3.29. The highest BCUT2D eigenvalue weighted by Gasteiger charge is 2.30. The highest BCUT2D eigenvalue weighted by molar-refractivity contribution is 6.30. The monoisotopic (exact) mass is 447 g/mol. The molecule has 0 aliphatic heterocycles. The van der Waals surface area contributed by atoms with Crippen LogP contribution in [-0.2, 0) is 19.3 Å². The van der Waals surface area contributed by atoms with E-state index < -0.39 is 17.8 Å². The average molecular weight is 448 g/mol. The number of alkyl halides is 3. The van der Waals surface area contributed by atoms with Crippen molar-refractivity contribution in [3.63, 3.8) is 0 Å². The summed E-state index contributed by atoms with van der Waals surface area (Å²) in [4.78, 5) is 14.3. The summed E-state index contributed by atoms with van der Waals surface area (Å²) in [5.41, 5.74) is 1.42. The summed E-state index contributed by atoms with van der Waals surface area (Å²) in [6.45, 7) is 4.85. The lowest BCUT2D eigenvalue weighted by Gasteiger charge is -2.23. The van der Waals surface area contributed by atoms with Crippen LogP contribution in [0.3, 0.4) is 0 Å². The van der Waals surface area contributed by atoms with Crippen LogP contribution in [0.4, 0.5) is 23.7 Å². The molecule has 2 aromatic carbocycles. The van der Waals surface area contributed by atoms with Gasteiger partial charge < -0.3 is 14.8 Å². The van der Waals surface area contributed by atoms with E-state index in [0.29, 0.717) is 18.1 Å². The second-order valence-corrected chi connectivity index (χ2v) is 7.37. The van der Waals surface area contributed by atoms with Crippen LogP contribution in [0, 0.1) is 0 Å². The van der Waals surface area contributed by atoms with Crippen molar-refractivity contribution in [2.45, 2.75) is 19.3 Å². The molecule has 0 aliphatic carbocycles. The van der Waals surface area contributed by atoms with Gasteiger partial charge in [-0.3, -0.25) is 0 Å². The van der Waals surface area contributed by atoms with Gasteiger partial charge in [-0.25, -0.2) is 4.79 Å². The van der Waals surface area contributed by atoms with Crippen molar-refractivity contribution >= 4 is 23.3 Å². The average Bonchev–Trinajstić information content (AvgIpc) is 3.14. The van der Waals surface area contributed by atoms with Gasteiger partial charge in [-0.15, -0.1) is 6.58 Å². The summed E-state index contributed by atoms with van der Waals surface area (Å²) in [5.74, 6) is 0. The molecule has 0 radical (unpaired) electrons. The Morgan fingerprint density at radius 3 is 2.52 bits per heavy atom. The SMILES string of the molecule is C=CCN(Cc1cccn1Cc1cccc(Cl)c1)C(=O)Nc1ccc(C(F)(F)F)cc1. The molecule has 0 fully saturated rings. The van der Waals surface area contributed by atoms with Gasteiger partial charge >= 0.3 is 12.2 Å². The molecule has 3 aromatic rings. The Morgan fingerprint density at radius 2 is 1.87 bits per heavy atom. The largest absolute Gasteiger partial charge is 0.416 e. The molecular weight excluding hydrogens is 427 g/mol. The Labute approximate surface area is 183 Å². The third kappa shape index (κ3) is 6.15. The van der Waals surface area contributed by atoms with Gasteiger partial charge in [0, 0.05) is 35.7 Å². The quantitative estimate of drug-likeness (QED) is 0.416. The molecule has 31 heavy (non-hydrogen) atoms. The lowest BCUT2D eigenvalue weighted by Crippen LogP contribution is -2.35. The number of carbonyl (C=O) groups is 1. The van der Waals surface area contributed by atoms with Crippen LogP contribution in [0.2, 0.25) is 5.02 Å². The number of halogens is 4. The van der Waals surface area contributed by atoms with E-state index in [0.717, 1.165) is 23.4 Å². The smallest absolute Gasteiger partial charge is 0.345 e. The van der Waals surface area contributed by atoms with E-state index in [1.54, 1.807) is 12.1 Å². The van der Waals surface area contributed by atoms with Gasteiger partial charge in [-0.2, -0.15) is 13.2 Å². The lowest BCUT2D eigenvalue weighted by atomic mass is 10.2. The van der Waals surface area contributed by atoms with Crippen molar-refractivity contribution in [1.29, 1.82) is 0 Å². The van der Waals surface area contributed by atoms with Crippen LogP contribution in [0.25, 0.3) is 0 Å². The number of hydrogen-bond acceptors (Lipinski definition) is 1. The van der Waals surface area contributed by atoms with Crippen molar-refractivity contribution in [2.24, 2.45) is 0 Å². The van der Waals surface area contributed by atoms with Crippen molar-refractivity contribution in [1.82, 2.24) is 9.47 Å². The Kier molecular flexibility index (Phi) is 7.07. The molecule has 2 amide bonds. The van der Waals surface area contributed by atoms with Crippen molar-refractivity contribution in [2.75, 3.05) is 11.9 Å². The second kappa shape index (κ2) is 9.75. The van der Waals surface area contributed by atoms with Crippen LogP contribution >= 0.6 is 11.6 Å². The Bertz CT molecular complexity index is 1040. The minimum atomic E-state index is -4.42. The molecule has 162 valence electrons. The highest BCUT2D eigenvalue weighted by atomic mass is 35.5. The van der Waals surface area contributed by atoms with Gasteiger partial charge in [0.15, 0.2) is 0 Å². The molecular formula is C23H21ClF3N3O. The molecule has 0 spiro atoms. The zero-order valence-corrected chi connectivity index (χ0v) is 17.3. The Balaban J connectivity index is 1.70. The first-order valence-corrected chi connectivity index (χ1v) is 9.86. The molecule has 3 rings (SSSR count). The summed E-state index contributed by atoms with van der Waals surface area (Å²) in [6.07, 6.45) is -0.918. The van der Waals surface area contributed by atoms with E-state index in [2.05, 4.69) is 11.9 Å². The fourth-order valence-corrected chi connectivity index (χ4v) is 3.31. The van der Waals surface area contributed by atoms with Crippen LogP contribution < -0.4 is 5.32 Å². The van der Waals surface area contributed by atoms with Crippen LogP contribution in [0.5, 0.6) is 0 Å². The molecule has 1 heterocycles. The van der Waals surface area contributed by atoms with Crippen molar-refractivity contribution in [3.8, 4) is 0 Å². The maximum atomic E-state index is 12.7. The van der Waals surface area contributed by atoms with Gasteiger partial charge in [0.05, 0.1) is 12.1 Å². The topological polar surface area (TPSA) is 37.3 Å². The number of benzene rings is 2. The highest BCUT2D eigenvalue weighted by Crippen LogP contribution is 2.29. The van der Waals surface area contributed by atoms with E-state index in [9.17, 15) is 18.0 Å². The number of nitrogens with zero attached hydrogens (tertiary/aromatic N) is 2. The number of amides is 2. The van der Waals surface area contributed by atoms with Crippen LogP contribution in [-0.4, -0.2) is 22.0 Å². The fraction of sp³-hybridized carbons (Fsp3) is 0.174. The minimum absolute atomic E-state index is 0.273. The first-order valence-electron chi connectivity index (χ1n) is 9.49. The van der Waals surface area contributed by atoms with Gasteiger partial charge in [-0.05, 0) is 54.1 Å². The lowest BCUT2D eigenvalue weighted by molar-refractivity contribution is -0.137. The number of rotatable bonds is 7. The van der Waals surface area contributed by atoms with Crippen LogP contribution in [0.15, 0.2) is 79.5 Å². The summed E-state index contributed by atoms with van der Waals surface area (Å²) in [7, 11) is 0. The predicted octanol–water partition coefficient (Wildman–Crippen LogP) is 6.43. The van der Waals surface area contributed by atoms with Gasteiger partial charge in [0.2, 0.25) is 0 Å². The molecule has 0 atom stereocenters. The minimum Gasteiger partial charge on any atom is -0.345 e. The fourth-order valence-electron chi connectivity index (χ4n) is 3.09. The summed E-state index contributed by atoms with van der Waals surface area (Å²) < 4.78 is 40.2. The van der Waals surface area contributed by atoms with E-state index in [4.69, 9.17) is 11.6 Å². The van der Waals surface area contributed by atoms with E-state index >= 15 is 0 Å². The van der Waals surface area contributed by atoms with Gasteiger partial charge in [0.25, 0.3) is 0 Å². The van der Waals surface area contributed by atoms with Crippen LogP contribution in [0.1, 0.15) is 16.8 Å². The standard InChI is InChI=1S/C23H21ClF3N3O/c1-2-12-30(22(31)28-20-10-8-18(9-11-20)23(25,26)27)16-21-7-4-13-29(21)15-17-5-3-6-19(24)14-17/h2-11,13-14H,1,12,15-16H2,(H,28,31). The Hall–Kier alpha value is -3.19. The molecule has 1 N–H and O–H groups in total. The molecule has 0 saturated carbocycles. The zero-order chi connectivity index (χ0) is 22.4. The molecule has 0 unspecified atom stereocenters. The number of aromatic nitrogens is 1. The predicted molar refractivity (Wildman–Crippen MR) is 116 cm³/mol. The van der Waals surface area contributed by atoms with Gasteiger partial charge in [0.1, 0.15) is 0 Å². The summed E-state index contributed by atoms with van der Waals surface area (Å²) in [6, 6.07) is 15.2.